The van der Waals surface area contributed by atoms with Crippen LogP contribution in [0.1, 0.15) is 20.8 Å². The summed E-state index contributed by atoms with van der Waals surface area (Å²) < 4.78 is 0. The first-order valence-corrected chi connectivity index (χ1v) is 6.26. The van der Waals surface area contributed by atoms with Gasteiger partial charge in [0.2, 0.25) is 0 Å². The summed E-state index contributed by atoms with van der Waals surface area (Å²) in [5.74, 6) is -0.201. The van der Waals surface area contributed by atoms with Crippen LogP contribution in [0.2, 0.25) is 0 Å². The van der Waals surface area contributed by atoms with E-state index in [-0.39, 0.29) is 0 Å². The number of aliphatic hydroxyl groups is 1. The van der Waals surface area contributed by atoms with Gasteiger partial charge < -0.3 is 15.5 Å². The lowest BCUT2D eigenvalue weighted by Gasteiger charge is -2.26. The molecule has 0 fully saturated rings. The lowest BCUT2D eigenvalue weighted by atomic mass is 9.93. The number of hydrogen-bond donors (Lipinski definition) is 3. The van der Waals surface area contributed by atoms with E-state index in [1.807, 2.05) is 6.26 Å². The molecule has 4 nitrogen and oxygen atoms in total. The zero-order chi connectivity index (χ0) is 12.1. The van der Waals surface area contributed by atoms with E-state index >= 15 is 0 Å². The summed E-state index contributed by atoms with van der Waals surface area (Å²) in [5, 5.41) is 21.7. The van der Waals surface area contributed by atoms with E-state index in [1.54, 1.807) is 32.5 Å². The van der Waals surface area contributed by atoms with E-state index in [0.29, 0.717) is 18.8 Å². The monoisotopic (exact) mass is 235 g/mol. The van der Waals surface area contributed by atoms with Crippen LogP contribution in [0.25, 0.3) is 0 Å². The van der Waals surface area contributed by atoms with Crippen molar-refractivity contribution >= 4 is 17.7 Å². The summed E-state index contributed by atoms with van der Waals surface area (Å²) in [6.45, 7) is 5.82. The molecule has 1 unspecified atom stereocenters. The minimum atomic E-state index is -0.834. The first kappa shape index (κ1) is 14.7. The van der Waals surface area contributed by atoms with Gasteiger partial charge >= 0.3 is 5.97 Å². The molecule has 0 saturated heterocycles. The zero-order valence-corrected chi connectivity index (χ0v) is 10.6. The molecule has 1 atom stereocenters. The molecule has 0 aromatic heterocycles. The van der Waals surface area contributed by atoms with Gasteiger partial charge in [-0.25, -0.2) is 0 Å². The molecule has 0 aliphatic heterocycles. The van der Waals surface area contributed by atoms with Crippen molar-refractivity contribution in [1.29, 1.82) is 0 Å². The lowest BCUT2D eigenvalue weighted by Crippen LogP contribution is -2.44. The van der Waals surface area contributed by atoms with Crippen LogP contribution in [0.15, 0.2) is 0 Å². The topological polar surface area (TPSA) is 69.6 Å². The molecule has 0 amide bonds. The van der Waals surface area contributed by atoms with Crippen molar-refractivity contribution in [3.63, 3.8) is 0 Å². The Morgan fingerprint density at radius 2 is 1.87 bits per heavy atom. The van der Waals surface area contributed by atoms with Crippen LogP contribution in [0, 0.1) is 5.41 Å². The van der Waals surface area contributed by atoms with Crippen molar-refractivity contribution in [2.24, 2.45) is 5.41 Å². The molecule has 90 valence electrons. The Morgan fingerprint density at radius 1 is 1.33 bits per heavy atom. The average molecular weight is 235 g/mol. The highest BCUT2D eigenvalue weighted by atomic mass is 32.2. The van der Waals surface area contributed by atoms with E-state index in [2.05, 4.69) is 5.32 Å². The third-order valence-electron chi connectivity index (χ3n) is 2.11. The minimum absolute atomic E-state index is 0.354. The molecule has 0 heterocycles. The zero-order valence-electron chi connectivity index (χ0n) is 9.83. The number of carbonyl (C=O) groups is 1. The van der Waals surface area contributed by atoms with Gasteiger partial charge in [0.05, 0.1) is 11.0 Å². The average Bonchev–Trinajstić information content (AvgIpc) is 2.02. The third kappa shape index (κ3) is 6.02. The van der Waals surface area contributed by atoms with Gasteiger partial charge in [-0.15, -0.1) is 0 Å². The largest absolute Gasteiger partial charge is 0.481 e. The van der Waals surface area contributed by atoms with Crippen LogP contribution in [0.5, 0.6) is 0 Å². The van der Waals surface area contributed by atoms with E-state index in [4.69, 9.17) is 5.11 Å². The molecule has 15 heavy (non-hydrogen) atoms. The molecule has 0 radical (unpaired) electrons. The van der Waals surface area contributed by atoms with Crippen LogP contribution >= 0.6 is 11.8 Å². The summed E-state index contributed by atoms with van der Waals surface area (Å²) in [4.78, 5) is 10.8. The number of carboxylic acids is 1. The van der Waals surface area contributed by atoms with Crippen molar-refractivity contribution in [3.8, 4) is 0 Å². The van der Waals surface area contributed by atoms with Gasteiger partial charge in [0, 0.05) is 18.8 Å². The fourth-order valence-electron chi connectivity index (χ4n) is 1.08. The van der Waals surface area contributed by atoms with Crippen molar-refractivity contribution < 1.29 is 15.0 Å². The molecule has 0 spiro atoms. The second-order valence-electron chi connectivity index (χ2n) is 4.72. The Hall–Kier alpha value is -0.260. The van der Waals surface area contributed by atoms with Crippen LogP contribution in [0.4, 0.5) is 0 Å². The molecule has 5 heteroatoms. The Morgan fingerprint density at radius 3 is 2.27 bits per heavy atom. The Balaban J connectivity index is 3.93. The molecule has 0 aliphatic rings. The maximum Gasteiger partial charge on any atom is 0.310 e. The SMILES string of the molecule is CSCC(C)(O)CNCC(C)(C)C(=O)O. The lowest BCUT2D eigenvalue weighted by molar-refractivity contribution is -0.146. The Labute approximate surface area is 95.4 Å². The summed E-state index contributed by atoms with van der Waals surface area (Å²) >= 11 is 1.57. The van der Waals surface area contributed by atoms with Gasteiger partial charge in [-0.3, -0.25) is 4.79 Å². The second-order valence-corrected chi connectivity index (χ2v) is 5.59. The van der Waals surface area contributed by atoms with E-state index in [0.717, 1.165) is 0 Å². The number of nitrogens with one attached hydrogen (secondary N) is 1. The van der Waals surface area contributed by atoms with Crippen LogP contribution in [-0.4, -0.2) is 46.9 Å². The quantitative estimate of drug-likeness (QED) is 0.609. The standard InChI is InChI=1S/C10H21NO3S/c1-9(2,8(12)13)5-11-6-10(3,14)7-15-4/h11,14H,5-7H2,1-4H3,(H,12,13). The molecular formula is C10H21NO3S. The number of thioether (sulfide) groups is 1. The number of aliphatic carboxylic acids is 1. The van der Waals surface area contributed by atoms with Crippen molar-refractivity contribution in [1.82, 2.24) is 5.32 Å². The summed E-state index contributed by atoms with van der Waals surface area (Å²) in [6, 6.07) is 0. The maximum absolute atomic E-state index is 10.8. The number of carboxylic acid groups (broad SMARTS) is 1. The van der Waals surface area contributed by atoms with Gasteiger partial charge in [0.25, 0.3) is 0 Å². The maximum atomic E-state index is 10.8. The predicted molar refractivity (Wildman–Crippen MR) is 63.3 cm³/mol. The Bertz CT molecular complexity index is 217. The number of hydrogen-bond acceptors (Lipinski definition) is 4. The van der Waals surface area contributed by atoms with Gasteiger partial charge in [-0.05, 0) is 27.0 Å². The molecule has 0 rings (SSSR count). The van der Waals surface area contributed by atoms with Gasteiger partial charge in [0.15, 0.2) is 0 Å². The molecule has 0 aromatic rings. The van der Waals surface area contributed by atoms with Gasteiger partial charge in [0.1, 0.15) is 0 Å². The normalized spacial score (nSPS) is 16.1. The van der Waals surface area contributed by atoms with Crippen molar-refractivity contribution in [2.45, 2.75) is 26.4 Å². The van der Waals surface area contributed by atoms with E-state index in [1.165, 1.54) is 0 Å². The van der Waals surface area contributed by atoms with Crippen molar-refractivity contribution in [2.75, 3.05) is 25.1 Å². The highest BCUT2D eigenvalue weighted by molar-refractivity contribution is 7.98. The van der Waals surface area contributed by atoms with E-state index < -0.39 is 17.0 Å². The van der Waals surface area contributed by atoms with Gasteiger partial charge in [-0.1, -0.05) is 0 Å². The minimum Gasteiger partial charge on any atom is -0.481 e. The third-order valence-corrected chi connectivity index (χ3v) is 3.02. The fourth-order valence-corrected chi connectivity index (χ4v) is 1.81. The summed E-state index contributed by atoms with van der Waals surface area (Å²) in [5.41, 5.74) is -1.58. The smallest absolute Gasteiger partial charge is 0.310 e. The highest BCUT2D eigenvalue weighted by Crippen LogP contribution is 2.14. The summed E-state index contributed by atoms with van der Waals surface area (Å²) in [7, 11) is 0. The predicted octanol–water partition coefficient (Wildman–Crippen LogP) is 0.801. The molecular weight excluding hydrogens is 214 g/mol. The van der Waals surface area contributed by atoms with Crippen LogP contribution in [-0.2, 0) is 4.79 Å². The first-order chi connectivity index (χ1) is 6.71. The number of rotatable bonds is 7. The van der Waals surface area contributed by atoms with Gasteiger partial charge in [-0.2, -0.15) is 11.8 Å². The van der Waals surface area contributed by atoms with E-state index in [9.17, 15) is 9.90 Å². The summed E-state index contributed by atoms with van der Waals surface area (Å²) in [6.07, 6.45) is 1.93. The highest BCUT2D eigenvalue weighted by Gasteiger charge is 2.28. The van der Waals surface area contributed by atoms with Crippen LogP contribution < -0.4 is 5.32 Å². The molecule has 0 bridgehead atoms. The molecule has 0 aromatic carbocycles. The van der Waals surface area contributed by atoms with Crippen LogP contribution in [0.3, 0.4) is 0 Å². The molecule has 3 N–H and O–H groups in total. The second kappa shape index (κ2) is 5.72. The first-order valence-electron chi connectivity index (χ1n) is 4.87. The Kier molecular flexibility index (Phi) is 5.62. The fraction of sp³-hybridized carbons (Fsp3) is 0.900. The van der Waals surface area contributed by atoms with Crippen molar-refractivity contribution in [3.05, 3.63) is 0 Å². The molecule has 0 saturated carbocycles. The molecule has 0 aliphatic carbocycles.